The average Bonchev–Trinajstić information content (AvgIpc) is 3.08. The van der Waals surface area contributed by atoms with Crippen LogP contribution in [-0.4, -0.2) is 31.3 Å². The van der Waals surface area contributed by atoms with Gasteiger partial charge in [-0.15, -0.1) is 11.3 Å². The van der Waals surface area contributed by atoms with E-state index in [1.165, 1.54) is 25.2 Å². The molecule has 24 heavy (non-hydrogen) atoms. The molecule has 3 aromatic heterocycles. The molecule has 0 aliphatic carbocycles. The third kappa shape index (κ3) is 3.18. The first kappa shape index (κ1) is 15.9. The molecular weight excluding hydrogens is 332 g/mol. The molecule has 3 N–H and O–H groups in total. The first-order valence-electron chi connectivity index (χ1n) is 7.02. The van der Waals surface area contributed by atoms with E-state index in [9.17, 15) is 14.4 Å². The van der Waals surface area contributed by atoms with Gasteiger partial charge in [-0.25, -0.2) is 4.98 Å². The number of hydrogen-bond donors (Lipinski definition) is 3. The van der Waals surface area contributed by atoms with Gasteiger partial charge >= 0.3 is 0 Å². The molecule has 3 rings (SSSR count). The van der Waals surface area contributed by atoms with Crippen LogP contribution in [0, 0.1) is 0 Å². The van der Waals surface area contributed by atoms with Crippen molar-refractivity contribution in [2.75, 3.05) is 10.6 Å². The summed E-state index contributed by atoms with van der Waals surface area (Å²) >= 11 is 1.53. The molecule has 0 bridgehead atoms. The molecule has 3 aromatic rings. The first-order chi connectivity index (χ1) is 11.4. The Bertz CT molecular complexity index is 972. The zero-order valence-electron chi connectivity index (χ0n) is 12.9. The Morgan fingerprint density at radius 3 is 2.62 bits per heavy atom. The monoisotopic (exact) mass is 346 g/mol. The number of imidazole rings is 1. The van der Waals surface area contributed by atoms with E-state index < -0.39 is 5.56 Å². The second-order valence-electron chi connectivity index (χ2n) is 5.05. The largest absolute Gasteiger partial charge is 0.296 e. The van der Waals surface area contributed by atoms with Gasteiger partial charge in [0.05, 0.1) is 6.54 Å². The van der Waals surface area contributed by atoms with E-state index in [4.69, 9.17) is 0 Å². The Balaban J connectivity index is 2.18. The van der Waals surface area contributed by atoms with Crippen LogP contribution in [0.3, 0.4) is 0 Å². The zero-order chi connectivity index (χ0) is 17.3. The summed E-state index contributed by atoms with van der Waals surface area (Å²) in [4.78, 5) is 46.7. The van der Waals surface area contributed by atoms with Crippen molar-refractivity contribution in [1.82, 2.24) is 19.5 Å². The maximum atomic E-state index is 12.2. The topological polar surface area (TPSA) is 122 Å². The van der Waals surface area contributed by atoms with Crippen molar-refractivity contribution >= 4 is 46.2 Å². The Labute approximate surface area is 139 Å². The van der Waals surface area contributed by atoms with Gasteiger partial charge in [-0.1, -0.05) is 6.07 Å². The van der Waals surface area contributed by atoms with Crippen LogP contribution in [0.15, 0.2) is 22.3 Å². The Hall–Kier alpha value is -3.01. The summed E-state index contributed by atoms with van der Waals surface area (Å²) in [5.74, 6) is -0.411. The van der Waals surface area contributed by atoms with Crippen molar-refractivity contribution in [3.63, 3.8) is 0 Å². The number of fused-ring (bicyclic) bond motifs is 1. The molecule has 0 saturated heterocycles. The molecule has 10 heteroatoms. The Morgan fingerprint density at radius 2 is 2.00 bits per heavy atom. The summed E-state index contributed by atoms with van der Waals surface area (Å²) in [5, 5.41) is 6.97. The summed E-state index contributed by atoms with van der Waals surface area (Å²) in [7, 11) is 0. The molecule has 0 aliphatic heterocycles. The molecular formula is C14H14N6O3S. The lowest BCUT2D eigenvalue weighted by molar-refractivity contribution is -0.115. The number of thiophene rings is 1. The zero-order valence-corrected chi connectivity index (χ0v) is 13.7. The van der Waals surface area contributed by atoms with Crippen LogP contribution in [0.1, 0.15) is 18.7 Å². The molecule has 0 fully saturated rings. The predicted octanol–water partition coefficient (Wildman–Crippen LogP) is 1.15. The third-order valence-electron chi connectivity index (χ3n) is 3.08. The number of aromatic nitrogens is 4. The van der Waals surface area contributed by atoms with E-state index >= 15 is 0 Å². The van der Waals surface area contributed by atoms with E-state index in [1.54, 1.807) is 4.57 Å². The van der Waals surface area contributed by atoms with Crippen LogP contribution in [0.25, 0.3) is 11.2 Å². The van der Waals surface area contributed by atoms with Crippen molar-refractivity contribution in [1.29, 1.82) is 0 Å². The van der Waals surface area contributed by atoms with Gasteiger partial charge < -0.3 is 0 Å². The van der Waals surface area contributed by atoms with E-state index in [2.05, 4.69) is 25.6 Å². The summed E-state index contributed by atoms with van der Waals surface area (Å²) in [5.41, 5.74) is -0.135. The van der Waals surface area contributed by atoms with E-state index in [-0.39, 0.29) is 34.9 Å². The highest BCUT2D eigenvalue weighted by molar-refractivity contribution is 7.09. The number of nitrogens with one attached hydrogen (secondary N) is 3. The van der Waals surface area contributed by atoms with Gasteiger partial charge in [0.25, 0.3) is 5.56 Å². The smallest absolute Gasteiger partial charge is 0.280 e. The highest BCUT2D eigenvalue weighted by Gasteiger charge is 2.18. The van der Waals surface area contributed by atoms with Gasteiger partial charge in [-0.3, -0.25) is 34.6 Å². The van der Waals surface area contributed by atoms with Crippen molar-refractivity contribution in [2.45, 2.75) is 20.4 Å². The minimum absolute atomic E-state index is 0.0294. The minimum Gasteiger partial charge on any atom is -0.296 e. The van der Waals surface area contributed by atoms with Crippen LogP contribution in [0.4, 0.5) is 11.9 Å². The number of H-pyrrole nitrogens is 1. The minimum atomic E-state index is -0.500. The molecule has 0 aliphatic rings. The van der Waals surface area contributed by atoms with E-state index in [1.807, 2.05) is 17.5 Å². The van der Waals surface area contributed by atoms with Gasteiger partial charge in [-0.05, 0) is 11.4 Å². The summed E-state index contributed by atoms with van der Waals surface area (Å²) in [6.07, 6.45) is 0. The lowest BCUT2D eigenvalue weighted by Crippen LogP contribution is -2.17. The fraction of sp³-hybridized carbons (Fsp3) is 0.214. The number of amides is 2. The SMILES string of the molecule is CC(=O)Nc1nc2c(nc(NC(C)=O)n2Cc2cccs2)c(=O)[nH]1. The fourth-order valence-electron chi connectivity index (χ4n) is 2.20. The summed E-state index contributed by atoms with van der Waals surface area (Å²) in [6, 6.07) is 3.83. The summed E-state index contributed by atoms with van der Waals surface area (Å²) < 4.78 is 1.63. The second-order valence-corrected chi connectivity index (χ2v) is 6.08. The van der Waals surface area contributed by atoms with Crippen LogP contribution < -0.4 is 16.2 Å². The maximum Gasteiger partial charge on any atom is 0.280 e. The van der Waals surface area contributed by atoms with Crippen molar-refractivity contribution < 1.29 is 9.59 Å². The van der Waals surface area contributed by atoms with Crippen molar-refractivity contribution in [2.24, 2.45) is 0 Å². The normalized spacial score (nSPS) is 10.8. The molecule has 0 spiro atoms. The number of carbonyl (C=O) groups is 2. The number of carbonyl (C=O) groups excluding carboxylic acids is 2. The van der Waals surface area contributed by atoms with Gasteiger partial charge in [0.1, 0.15) is 0 Å². The Morgan fingerprint density at radius 1 is 1.25 bits per heavy atom. The van der Waals surface area contributed by atoms with Gasteiger partial charge in [-0.2, -0.15) is 4.98 Å². The number of rotatable bonds is 4. The highest BCUT2D eigenvalue weighted by atomic mass is 32.1. The molecule has 0 saturated carbocycles. The quantitative estimate of drug-likeness (QED) is 0.654. The van der Waals surface area contributed by atoms with Crippen LogP contribution >= 0.6 is 11.3 Å². The molecule has 2 amide bonds. The van der Waals surface area contributed by atoms with E-state index in [0.29, 0.717) is 6.54 Å². The van der Waals surface area contributed by atoms with Crippen molar-refractivity contribution in [3.05, 3.63) is 32.7 Å². The summed E-state index contributed by atoms with van der Waals surface area (Å²) in [6.45, 7) is 3.06. The maximum absolute atomic E-state index is 12.2. The van der Waals surface area contributed by atoms with E-state index in [0.717, 1.165) is 4.88 Å². The molecule has 0 radical (unpaired) electrons. The second kappa shape index (κ2) is 6.24. The molecule has 0 atom stereocenters. The van der Waals surface area contributed by atoms with Crippen LogP contribution in [0.2, 0.25) is 0 Å². The average molecular weight is 346 g/mol. The Kier molecular flexibility index (Phi) is 4.13. The molecule has 0 unspecified atom stereocenters. The number of anilines is 2. The predicted molar refractivity (Wildman–Crippen MR) is 90.2 cm³/mol. The number of nitrogens with zero attached hydrogens (tertiary/aromatic N) is 3. The molecule has 0 aromatic carbocycles. The molecule has 3 heterocycles. The van der Waals surface area contributed by atoms with Gasteiger partial charge in [0.2, 0.25) is 23.7 Å². The number of hydrogen-bond acceptors (Lipinski definition) is 6. The first-order valence-corrected chi connectivity index (χ1v) is 7.90. The van der Waals surface area contributed by atoms with Crippen LogP contribution in [-0.2, 0) is 16.1 Å². The van der Waals surface area contributed by atoms with Crippen LogP contribution in [0.5, 0.6) is 0 Å². The van der Waals surface area contributed by atoms with Crippen molar-refractivity contribution in [3.8, 4) is 0 Å². The molecule has 124 valence electrons. The third-order valence-corrected chi connectivity index (χ3v) is 3.94. The van der Waals surface area contributed by atoms with Gasteiger partial charge in [0.15, 0.2) is 11.2 Å². The number of aromatic amines is 1. The highest BCUT2D eigenvalue weighted by Crippen LogP contribution is 2.20. The lowest BCUT2D eigenvalue weighted by atomic mass is 10.4. The standard InChI is InChI=1S/C14H14N6O3S/c1-7(21)15-13-18-11-10(12(23)19-13)17-14(16-8(2)22)20(11)6-9-4-3-5-24-9/h3-5H,6H2,1-2H3,(H,16,17,22)(H2,15,18,19,21,23). The van der Waals surface area contributed by atoms with Gasteiger partial charge in [0, 0.05) is 18.7 Å². The lowest BCUT2D eigenvalue weighted by Gasteiger charge is -2.07. The fourth-order valence-corrected chi connectivity index (χ4v) is 2.89. The molecule has 9 nitrogen and oxygen atoms in total.